The van der Waals surface area contributed by atoms with Gasteiger partial charge >= 0.3 is 0 Å². The number of nitrogens with zero attached hydrogens (tertiary/aromatic N) is 2. The maximum absolute atomic E-state index is 12.0. The third-order valence-electron chi connectivity index (χ3n) is 3.33. The van der Waals surface area contributed by atoms with E-state index in [-0.39, 0.29) is 5.91 Å². The molecule has 0 unspecified atom stereocenters. The van der Waals surface area contributed by atoms with Crippen molar-refractivity contribution in [3.63, 3.8) is 0 Å². The van der Waals surface area contributed by atoms with Crippen LogP contribution in [-0.4, -0.2) is 22.4 Å². The van der Waals surface area contributed by atoms with Gasteiger partial charge < -0.3 is 5.32 Å². The van der Waals surface area contributed by atoms with Gasteiger partial charge in [0.05, 0.1) is 0 Å². The molecule has 6 heteroatoms. The number of carbonyl (C=O) groups is 1. The Kier molecular flexibility index (Phi) is 4.70. The van der Waals surface area contributed by atoms with Gasteiger partial charge in [0.1, 0.15) is 0 Å². The zero-order chi connectivity index (χ0) is 15.4. The van der Waals surface area contributed by atoms with Crippen LogP contribution in [0.2, 0.25) is 0 Å². The maximum atomic E-state index is 12.0. The lowest BCUT2D eigenvalue weighted by Gasteiger charge is -2.06. The topological polar surface area (TPSA) is 54.9 Å². The predicted molar refractivity (Wildman–Crippen MR) is 92.6 cm³/mol. The maximum Gasteiger partial charge on any atom is 0.226 e. The highest BCUT2D eigenvalue weighted by Gasteiger charge is 2.09. The molecule has 3 rings (SSSR count). The molecule has 3 aromatic rings. The highest BCUT2D eigenvalue weighted by atomic mass is 32.2. The summed E-state index contributed by atoms with van der Waals surface area (Å²) in [7, 11) is 0. The number of fused-ring (bicyclic) bond motifs is 1. The third kappa shape index (κ3) is 3.45. The highest BCUT2D eigenvalue weighted by Crippen LogP contribution is 2.23. The number of benzene rings is 2. The van der Waals surface area contributed by atoms with E-state index in [4.69, 9.17) is 0 Å². The number of aromatic nitrogens is 2. The first-order valence-corrected chi connectivity index (χ1v) is 8.94. The molecule has 0 atom stereocenters. The van der Waals surface area contributed by atoms with Crippen molar-refractivity contribution < 1.29 is 4.79 Å². The Morgan fingerprint density at radius 3 is 2.82 bits per heavy atom. The van der Waals surface area contributed by atoms with E-state index in [1.54, 1.807) is 0 Å². The molecule has 1 amide bonds. The molecule has 0 aliphatic carbocycles. The Morgan fingerprint density at radius 2 is 2.00 bits per heavy atom. The smallest absolute Gasteiger partial charge is 0.226 e. The van der Waals surface area contributed by atoms with E-state index >= 15 is 0 Å². The fraction of sp³-hybridized carbons (Fsp3) is 0.188. The fourth-order valence-electron chi connectivity index (χ4n) is 2.28. The first kappa shape index (κ1) is 15.0. The lowest BCUT2D eigenvalue weighted by Crippen LogP contribution is -2.12. The summed E-state index contributed by atoms with van der Waals surface area (Å²) >= 11 is 2.92. The molecule has 0 bridgehead atoms. The third-order valence-corrected chi connectivity index (χ3v) is 5.14. The van der Waals surface area contributed by atoms with Crippen molar-refractivity contribution in [2.75, 3.05) is 11.6 Å². The summed E-state index contributed by atoms with van der Waals surface area (Å²) in [5.41, 5.74) is 1.19. The Balaban J connectivity index is 1.65. The van der Waals surface area contributed by atoms with E-state index in [2.05, 4.69) is 39.8 Å². The number of carbonyl (C=O) groups excluding carboxylic acids is 1. The molecule has 0 saturated carbocycles. The molecule has 0 saturated heterocycles. The Labute approximate surface area is 137 Å². The van der Waals surface area contributed by atoms with Gasteiger partial charge in [-0.25, -0.2) is 0 Å². The zero-order valence-corrected chi connectivity index (χ0v) is 13.7. The number of amides is 1. The second kappa shape index (κ2) is 6.89. The van der Waals surface area contributed by atoms with Gasteiger partial charge in [0.2, 0.25) is 11.0 Å². The largest absolute Gasteiger partial charge is 0.300 e. The van der Waals surface area contributed by atoms with Crippen molar-refractivity contribution in [3.8, 4) is 0 Å². The van der Waals surface area contributed by atoms with E-state index in [0.717, 1.165) is 4.34 Å². The van der Waals surface area contributed by atoms with Crippen LogP contribution < -0.4 is 5.32 Å². The Morgan fingerprint density at radius 1 is 1.18 bits per heavy atom. The first-order chi connectivity index (χ1) is 10.8. The summed E-state index contributed by atoms with van der Waals surface area (Å²) < 4.78 is 0.851. The summed E-state index contributed by atoms with van der Waals surface area (Å²) in [4.78, 5) is 12.0. The van der Waals surface area contributed by atoms with Crippen LogP contribution >= 0.6 is 23.1 Å². The van der Waals surface area contributed by atoms with Crippen LogP contribution in [0.15, 0.2) is 46.8 Å². The standard InChI is InChI=1S/C16H15N3OS2/c1-21-16-19-18-15(22-16)17-14(20)10-9-12-7-4-6-11-5-2-3-8-13(11)12/h2-8H,9-10H2,1H3,(H,17,18,20). The molecule has 1 heterocycles. The number of aryl methyl sites for hydroxylation is 1. The summed E-state index contributed by atoms with van der Waals surface area (Å²) in [6.45, 7) is 0. The number of hydrogen-bond donors (Lipinski definition) is 1. The van der Waals surface area contributed by atoms with E-state index in [0.29, 0.717) is 18.0 Å². The molecule has 0 fully saturated rings. The Bertz CT molecular complexity index is 795. The zero-order valence-electron chi connectivity index (χ0n) is 12.1. The molecule has 4 nitrogen and oxygen atoms in total. The van der Waals surface area contributed by atoms with Gasteiger partial charge in [-0.1, -0.05) is 65.6 Å². The molecule has 22 heavy (non-hydrogen) atoms. The van der Waals surface area contributed by atoms with Crippen molar-refractivity contribution in [1.82, 2.24) is 10.2 Å². The number of anilines is 1. The number of hydrogen-bond acceptors (Lipinski definition) is 5. The number of rotatable bonds is 5. The van der Waals surface area contributed by atoms with Crippen LogP contribution in [0, 0.1) is 0 Å². The second-order valence-electron chi connectivity index (χ2n) is 4.76. The van der Waals surface area contributed by atoms with Gasteiger partial charge in [0, 0.05) is 6.42 Å². The van der Waals surface area contributed by atoms with E-state index in [1.807, 2.05) is 24.5 Å². The van der Waals surface area contributed by atoms with Crippen LogP contribution in [0.25, 0.3) is 10.8 Å². The summed E-state index contributed by atoms with van der Waals surface area (Å²) in [5.74, 6) is -0.0308. The van der Waals surface area contributed by atoms with Crippen molar-refractivity contribution >= 4 is 44.9 Å². The van der Waals surface area contributed by atoms with Crippen molar-refractivity contribution in [1.29, 1.82) is 0 Å². The normalized spacial score (nSPS) is 10.8. The van der Waals surface area contributed by atoms with Gasteiger partial charge in [-0.05, 0) is 29.0 Å². The van der Waals surface area contributed by atoms with Crippen LogP contribution in [0.3, 0.4) is 0 Å². The summed E-state index contributed by atoms with van der Waals surface area (Å²) in [6.07, 6.45) is 3.08. The molecule has 112 valence electrons. The number of nitrogens with one attached hydrogen (secondary N) is 1. The first-order valence-electron chi connectivity index (χ1n) is 6.90. The lowest BCUT2D eigenvalue weighted by atomic mass is 10.0. The van der Waals surface area contributed by atoms with Crippen molar-refractivity contribution in [2.24, 2.45) is 0 Å². The molecule has 0 aliphatic heterocycles. The van der Waals surface area contributed by atoms with Gasteiger partial charge in [-0.2, -0.15) is 0 Å². The predicted octanol–water partition coefficient (Wildman–Crippen LogP) is 3.98. The molecule has 1 N–H and O–H groups in total. The highest BCUT2D eigenvalue weighted by molar-refractivity contribution is 8.00. The van der Waals surface area contributed by atoms with Gasteiger partial charge in [-0.3, -0.25) is 4.79 Å². The molecule has 0 spiro atoms. The molecule has 0 radical (unpaired) electrons. The van der Waals surface area contributed by atoms with Gasteiger partial charge in [-0.15, -0.1) is 10.2 Å². The van der Waals surface area contributed by atoms with E-state index in [9.17, 15) is 4.79 Å². The van der Waals surface area contributed by atoms with E-state index < -0.39 is 0 Å². The van der Waals surface area contributed by atoms with Gasteiger partial charge in [0.25, 0.3) is 0 Å². The molecular formula is C16H15N3OS2. The number of thioether (sulfide) groups is 1. The van der Waals surface area contributed by atoms with Crippen molar-refractivity contribution in [3.05, 3.63) is 48.0 Å². The van der Waals surface area contributed by atoms with Crippen LogP contribution in [-0.2, 0) is 11.2 Å². The minimum absolute atomic E-state index is 0.0308. The fourth-order valence-corrected chi connectivity index (χ4v) is 3.47. The molecule has 1 aromatic heterocycles. The van der Waals surface area contributed by atoms with Crippen LogP contribution in [0.5, 0.6) is 0 Å². The molecule has 0 aliphatic rings. The lowest BCUT2D eigenvalue weighted by molar-refractivity contribution is -0.116. The minimum atomic E-state index is -0.0308. The Hall–Kier alpha value is -1.92. The second-order valence-corrected chi connectivity index (χ2v) is 6.79. The summed E-state index contributed by atoms with van der Waals surface area (Å²) in [5, 5.41) is 13.7. The average molecular weight is 329 g/mol. The minimum Gasteiger partial charge on any atom is -0.300 e. The molecule has 2 aromatic carbocycles. The molecular weight excluding hydrogens is 314 g/mol. The van der Waals surface area contributed by atoms with E-state index in [1.165, 1.54) is 39.4 Å². The van der Waals surface area contributed by atoms with Gasteiger partial charge in [0.15, 0.2) is 4.34 Å². The average Bonchev–Trinajstić information content (AvgIpc) is 3.00. The SMILES string of the molecule is CSc1nnc(NC(=O)CCc2cccc3ccccc23)s1. The summed E-state index contributed by atoms with van der Waals surface area (Å²) in [6, 6.07) is 14.4. The quantitative estimate of drug-likeness (QED) is 0.568. The van der Waals surface area contributed by atoms with Crippen molar-refractivity contribution in [2.45, 2.75) is 17.2 Å². The van der Waals surface area contributed by atoms with Crippen LogP contribution in [0.4, 0.5) is 5.13 Å². The van der Waals surface area contributed by atoms with Crippen LogP contribution in [0.1, 0.15) is 12.0 Å². The monoisotopic (exact) mass is 329 g/mol.